The van der Waals surface area contributed by atoms with Crippen molar-refractivity contribution in [1.82, 2.24) is 15.5 Å². The lowest BCUT2D eigenvalue weighted by atomic mass is 9.97. The van der Waals surface area contributed by atoms with Gasteiger partial charge >= 0.3 is 0 Å². The Morgan fingerprint density at radius 3 is 2.47 bits per heavy atom. The highest BCUT2D eigenvalue weighted by Gasteiger charge is 2.17. The van der Waals surface area contributed by atoms with Gasteiger partial charge in [-0.3, -0.25) is 4.79 Å². The fraction of sp³-hybridized carbons (Fsp3) is 0.583. The standard InChI is InChI=1S/C24H36N4O.HI/c1-2-25-24(26-16-15-20-9-5-3-6-10-20)27-19-21-11-13-22(14-12-21)23(29)28-17-7-4-8-18-28;/h9,11-14H,2-8,10,15-19H2,1H3,(H2,25,26,27);1H. The van der Waals surface area contributed by atoms with E-state index in [9.17, 15) is 4.79 Å². The van der Waals surface area contributed by atoms with Crippen molar-refractivity contribution in [1.29, 1.82) is 0 Å². The average molecular weight is 524 g/mol. The molecule has 2 aliphatic rings. The number of likely N-dealkylation sites (tertiary alicyclic amines) is 1. The summed E-state index contributed by atoms with van der Waals surface area (Å²) in [7, 11) is 0. The fourth-order valence-electron chi connectivity index (χ4n) is 4.02. The van der Waals surface area contributed by atoms with Crippen LogP contribution in [0, 0.1) is 0 Å². The van der Waals surface area contributed by atoms with Gasteiger partial charge < -0.3 is 15.5 Å². The van der Waals surface area contributed by atoms with Gasteiger partial charge in [0.1, 0.15) is 0 Å². The highest BCUT2D eigenvalue weighted by Crippen LogP contribution is 2.19. The number of benzene rings is 1. The summed E-state index contributed by atoms with van der Waals surface area (Å²) in [6.45, 7) is 6.23. The minimum atomic E-state index is 0. The molecule has 0 unspecified atom stereocenters. The van der Waals surface area contributed by atoms with Crippen LogP contribution >= 0.6 is 24.0 Å². The van der Waals surface area contributed by atoms with Gasteiger partial charge in [-0.2, -0.15) is 0 Å². The zero-order chi connectivity index (χ0) is 20.3. The molecule has 0 bridgehead atoms. The smallest absolute Gasteiger partial charge is 0.253 e. The molecule has 1 aliphatic carbocycles. The van der Waals surface area contributed by atoms with E-state index in [2.05, 4.69) is 23.6 Å². The molecular weight excluding hydrogens is 487 g/mol. The number of piperidine rings is 1. The predicted molar refractivity (Wildman–Crippen MR) is 136 cm³/mol. The molecule has 1 saturated heterocycles. The molecule has 6 heteroatoms. The van der Waals surface area contributed by atoms with Crippen molar-refractivity contribution in [2.45, 2.75) is 64.8 Å². The Hall–Kier alpha value is -1.57. The molecule has 0 aromatic heterocycles. The van der Waals surface area contributed by atoms with Crippen LogP contribution < -0.4 is 10.6 Å². The van der Waals surface area contributed by atoms with Crippen LogP contribution in [0.4, 0.5) is 0 Å². The molecule has 1 aromatic carbocycles. The predicted octanol–water partition coefficient (Wildman–Crippen LogP) is 4.88. The van der Waals surface area contributed by atoms with Gasteiger partial charge in [0, 0.05) is 31.7 Å². The van der Waals surface area contributed by atoms with Crippen LogP contribution in [0.1, 0.15) is 74.2 Å². The molecule has 166 valence electrons. The SMILES string of the molecule is CCNC(=NCc1ccc(C(=O)N2CCCCC2)cc1)NCCC1=CCCCC1.I. The number of guanidine groups is 1. The Labute approximate surface area is 198 Å². The number of aliphatic imine (C=N–C) groups is 1. The highest BCUT2D eigenvalue weighted by molar-refractivity contribution is 14.0. The summed E-state index contributed by atoms with van der Waals surface area (Å²) >= 11 is 0. The van der Waals surface area contributed by atoms with E-state index in [0.29, 0.717) is 6.54 Å². The summed E-state index contributed by atoms with van der Waals surface area (Å²) < 4.78 is 0. The second-order valence-electron chi connectivity index (χ2n) is 8.03. The van der Waals surface area contributed by atoms with E-state index in [1.807, 2.05) is 29.2 Å². The lowest BCUT2D eigenvalue weighted by Gasteiger charge is -2.26. The van der Waals surface area contributed by atoms with E-state index < -0.39 is 0 Å². The Balaban J connectivity index is 0.00000320. The van der Waals surface area contributed by atoms with Gasteiger partial charge in [-0.1, -0.05) is 23.8 Å². The van der Waals surface area contributed by atoms with Crippen molar-refractivity contribution in [3.8, 4) is 0 Å². The minimum absolute atomic E-state index is 0. The number of hydrogen-bond acceptors (Lipinski definition) is 2. The third-order valence-corrected chi connectivity index (χ3v) is 5.73. The molecule has 1 aliphatic heterocycles. The molecule has 5 nitrogen and oxygen atoms in total. The molecule has 1 aromatic rings. The van der Waals surface area contributed by atoms with E-state index in [-0.39, 0.29) is 29.9 Å². The Bertz CT molecular complexity index is 708. The molecule has 2 N–H and O–H groups in total. The average Bonchev–Trinajstić information content (AvgIpc) is 2.78. The Morgan fingerprint density at radius 1 is 1.03 bits per heavy atom. The van der Waals surface area contributed by atoms with Crippen LogP contribution in [0.2, 0.25) is 0 Å². The molecule has 1 heterocycles. The van der Waals surface area contributed by atoms with Crippen LogP contribution in [0.25, 0.3) is 0 Å². The molecule has 0 atom stereocenters. The van der Waals surface area contributed by atoms with Crippen LogP contribution in [0.3, 0.4) is 0 Å². The summed E-state index contributed by atoms with van der Waals surface area (Å²) in [6.07, 6.45) is 12.1. The number of amides is 1. The summed E-state index contributed by atoms with van der Waals surface area (Å²) in [4.78, 5) is 19.3. The summed E-state index contributed by atoms with van der Waals surface area (Å²) in [5, 5.41) is 6.77. The van der Waals surface area contributed by atoms with E-state index in [4.69, 9.17) is 4.99 Å². The van der Waals surface area contributed by atoms with E-state index in [1.54, 1.807) is 5.57 Å². The van der Waals surface area contributed by atoms with Crippen molar-refractivity contribution in [3.05, 3.63) is 47.0 Å². The van der Waals surface area contributed by atoms with E-state index in [0.717, 1.165) is 62.5 Å². The summed E-state index contributed by atoms with van der Waals surface area (Å²) in [5.74, 6) is 1.02. The van der Waals surface area contributed by atoms with Gasteiger partial charge in [0.05, 0.1) is 6.54 Å². The lowest BCUT2D eigenvalue weighted by Crippen LogP contribution is -2.37. The third-order valence-electron chi connectivity index (χ3n) is 5.73. The molecule has 3 rings (SSSR count). The number of halogens is 1. The first kappa shape index (κ1) is 24.7. The lowest BCUT2D eigenvalue weighted by molar-refractivity contribution is 0.0724. The van der Waals surface area contributed by atoms with Crippen molar-refractivity contribution < 1.29 is 4.79 Å². The van der Waals surface area contributed by atoms with Crippen molar-refractivity contribution in [2.75, 3.05) is 26.2 Å². The van der Waals surface area contributed by atoms with Crippen molar-refractivity contribution in [2.24, 2.45) is 4.99 Å². The number of nitrogens with one attached hydrogen (secondary N) is 2. The molecule has 0 radical (unpaired) electrons. The maximum Gasteiger partial charge on any atom is 0.253 e. The quantitative estimate of drug-likeness (QED) is 0.232. The topological polar surface area (TPSA) is 56.7 Å². The number of rotatable bonds is 7. The Kier molecular flexibility index (Phi) is 11.3. The van der Waals surface area contributed by atoms with Gasteiger partial charge in [-0.05, 0) is 76.0 Å². The molecular formula is C24H37IN4O. The minimum Gasteiger partial charge on any atom is -0.357 e. The number of hydrogen-bond donors (Lipinski definition) is 2. The largest absolute Gasteiger partial charge is 0.357 e. The zero-order valence-corrected chi connectivity index (χ0v) is 20.6. The van der Waals surface area contributed by atoms with Crippen LogP contribution in [-0.4, -0.2) is 42.9 Å². The van der Waals surface area contributed by atoms with Gasteiger partial charge in [0.15, 0.2) is 5.96 Å². The zero-order valence-electron chi connectivity index (χ0n) is 18.3. The van der Waals surface area contributed by atoms with E-state index >= 15 is 0 Å². The first-order valence-electron chi connectivity index (χ1n) is 11.3. The third kappa shape index (κ3) is 7.93. The van der Waals surface area contributed by atoms with Gasteiger partial charge in [0.2, 0.25) is 0 Å². The second-order valence-corrected chi connectivity index (χ2v) is 8.03. The van der Waals surface area contributed by atoms with Gasteiger partial charge in [-0.25, -0.2) is 4.99 Å². The van der Waals surface area contributed by atoms with Crippen molar-refractivity contribution >= 4 is 35.8 Å². The number of carbonyl (C=O) groups is 1. The number of allylic oxidation sites excluding steroid dienone is 1. The summed E-state index contributed by atoms with van der Waals surface area (Å²) in [6, 6.07) is 7.93. The molecule has 30 heavy (non-hydrogen) atoms. The fourth-order valence-corrected chi connectivity index (χ4v) is 4.02. The maximum absolute atomic E-state index is 12.6. The molecule has 1 fully saturated rings. The normalized spacial score (nSPS) is 17.0. The number of nitrogens with zero attached hydrogens (tertiary/aromatic N) is 2. The molecule has 0 spiro atoms. The second kappa shape index (κ2) is 13.7. The highest BCUT2D eigenvalue weighted by atomic mass is 127. The first-order chi connectivity index (χ1) is 14.3. The number of carbonyl (C=O) groups excluding carboxylic acids is 1. The van der Waals surface area contributed by atoms with Crippen LogP contribution in [-0.2, 0) is 6.54 Å². The molecule has 0 saturated carbocycles. The maximum atomic E-state index is 12.6. The van der Waals surface area contributed by atoms with Gasteiger partial charge in [0.25, 0.3) is 5.91 Å². The molecule has 1 amide bonds. The van der Waals surface area contributed by atoms with Crippen LogP contribution in [0.15, 0.2) is 40.9 Å². The van der Waals surface area contributed by atoms with Crippen LogP contribution in [0.5, 0.6) is 0 Å². The monoisotopic (exact) mass is 524 g/mol. The first-order valence-corrected chi connectivity index (χ1v) is 11.3. The Morgan fingerprint density at radius 2 is 1.80 bits per heavy atom. The van der Waals surface area contributed by atoms with Crippen molar-refractivity contribution in [3.63, 3.8) is 0 Å². The summed E-state index contributed by atoms with van der Waals surface area (Å²) in [5.41, 5.74) is 3.48. The van der Waals surface area contributed by atoms with Gasteiger partial charge in [-0.15, -0.1) is 24.0 Å². The van der Waals surface area contributed by atoms with E-state index in [1.165, 1.54) is 32.1 Å².